The van der Waals surface area contributed by atoms with Crippen molar-refractivity contribution >= 4 is 24.6 Å². The Bertz CT molecular complexity index is 425. The maximum absolute atomic E-state index is 4.79. The predicted octanol–water partition coefficient (Wildman–Crippen LogP) is 5.76. The van der Waals surface area contributed by atoms with Gasteiger partial charge in [0.15, 0.2) is 0 Å². The minimum atomic E-state index is -1.08. The zero-order valence-corrected chi connectivity index (χ0v) is 14.9. The lowest BCUT2D eigenvalue weighted by Gasteiger charge is -2.15. The second-order valence-electron chi connectivity index (χ2n) is 6.71. The lowest BCUT2D eigenvalue weighted by atomic mass is 10.1. The molecule has 0 atom stereocenters. The van der Waals surface area contributed by atoms with Gasteiger partial charge in [0.25, 0.3) is 0 Å². The lowest BCUT2D eigenvalue weighted by molar-refractivity contribution is 0.588. The van der Waals surface area contributed by atoms with Crippen LogP contribution in [-0.2, 0) is 0 Å². The van der Waals surface area contributed by atoms with Crippen LogP contribution in [0.25, 0.3) is 0 Å². The third-order valence-electron chi connectivity index (χ3n) is 3.56. The number of nitrogens with zero attached hydrogens (tertiary/aromatic N) is 1. The summed E-state index contributed by atoms with van der Waals surface area (Å²) in [5, 5.41) is 0. The smallest absolute Gasteiger partial charge is 0.114 e. The Morgan fingerprint density at radius 2 is 1.60 bits per heavy atom. The van der Waals surface area contributed by atoms with Crippen LogP contribution in [0.4, 0.5) is 0 Å². The molecule has 0 heterocycles. The molecule has 110 valence electrons. The summed E-state index contributed by atoms with van der Waals surface area (Å²) in [7, 11) is -1.08. The van der Waals surface area contributed by atoms with Crippen LogP contribution < -0.4 is 0 Å². The number of hydrogen-bond acceptors (Lipinski definition) is 2. The third-order valence-corrected chi connectivity index (χ3v) is 7.23. The summed E-state index contributed by atoms with van der Waals surface area (Å²) in [4.78, 5) is 6.19. The molecule has 0 saturated heterocycles. The minimum Gasteiger partial charge on any atom is -0.289 e. The van der Waals surface area contributed by atoms with Gasteiger partial charge in [-0.15, -0.1) is 0 Å². The highest BCUT2D eigenvalue weighted by molar-refractivity contribution is 8.28. The minimum absolute atomic E-state index is 0.563. The molecule has 1 aromatic carbocycles. The Balaban J connectivity index is 1.92. The molecule has 0 N–H and O–H groups in total. The molecular formula is C17H27NSSi. The molecule has 3 heteroatoms. The number of hydrogen-bond donors (Lipinski definition) is 0. The monoisotopic (exact) mass is 305 g/mol. The van der Waals surface area contributed by atoms with Gasteiger partial charge in [0.1, 0.15) is 7.22 Å². The molecule has 1 fully saturated rings. The average molecular weight is 306 g/mol. The van der Waals surface area contributed by atoms with Gasteiger partial charge in [-0.2, -0.15) is 11.2 Å². The first kappa shape index (κ1) is 15.8. The molecule has 0 bridgehead atoms. The van der Waals surface area contributed by atoms with Crippen molar-refractivity contribution in [3.63, 3.8) is 0 Å². The predicted molar refractivity (Wildman–Crippen MR) is 94.7 cm³/mol. The van der Waals surface area contributed by atoms with Crippen molar-refractivity contribution in [3.8, 4) is 0 Å². The maximum Gasteiger partial charge on any atom is 0.114 e. The second-order valence-corrected chi connectivity index (χ2v) is 15.9. The molecule has 2 rings (SSSR count). The van der Waals surface area contributed by atoms with E-state index in [9.17, 15) is 0 Å². The van der Waals surface area contributed by atoms with Gasteiger partial charge in [0, 0.05) is 17.2 Å². The van der Waals surface area contributed by atoms with Crippen LogP contribution in [0.5, 0.6) is 0 Å². The Kier molecular flexibility index (Phi) is 5.91. The lowest BCUT2D eigenvalue weighted by Crippen LogP contribution is -2.13. The van der Waals surface area contributed by atoms with Gasteiger partial charge in [-0.3, -0.25) is 4.99 Å². The molecule has 1 nitrogen and oxygen atoms in total. The largest absolute Gasteiger partial charge is 0.289 e. The first-order chi connectivity index (χ1) is 9.53. The van der Waals surface area contributed by atoms with E-state index in [0.29, 0.717) is 6.04 Å². The van der Waals surface area contributed by atoms with Crippen LogP contribution in [-0.4, -0.2) is 19.5 Å². The normalized spacial score (nSPS) is 18.4. The Hall–Kier alpha value is -0.543. The quantitative estimate of drug-likeness (QED) is 0.391. The fourth-order valence-electron chi connectivity index (χ4n) is 2.57. The maximum atomic E-state index is 4.79. The van der Waals surface area contributed by atoms with E-state index in [0.717, 1.165) is 0 Å². The number of aliphatic imine (C=N–C) groups is 1. The standard InChI is InChI=1S/C17H27NSSi/c1-20(2,3)19-17-12-10-15(11-13-17)14-18-16-8-6-4-5-7-9-16/h10-14,16H,4-9H2,1-3H3. The summed E-state index contributed by atoms with van der Waals surface area (Å²) < 4.78 is 0. The van der Waals surface area contributed by atoms with Crippen molar-refractivity contribution in [3.05, 3.63) is 29.8 Å². The van der Waals surface area contributed by atoms with Crippen molar-refractivity contribution in [2.24, 2.45) is 4.99 Å². The van der Waals surface area contributed by atoms with E-state index in [1.165, 1.54) is 49.0 Å². The van der Waals surface area contributed by atoms with Crippen LogP contribution >= 0.6 is 11.2 Å². The Morgan fingerprint density at radius 3 is 2.15 bits per heavy atom. The summed E-state index contributed by atoms with van der Waals surface area (Å²) in [6, 6.07) is 9.48. The molecule has 1 aliphatic rings. The van der Waals surface area contributed by atoms with E-state index < -0.39 is 7.22 Å². The summed E-state index contributed by atoms with van der Waals surface area (Å²) >= 11 is 2.05. The zero-order chi connectivity index (χ0) is 14.4. The number of rotatable bonds is 4. The molecule has 0 unspecified atom stereocenters. The van der Waals surface area contributed by atoms with Crippen molar-refractivity contribution in [1.29, 1.82) is 0 Å². The van der Waals surface area contributed by atoms with Crippen LogP contribution in [0.15, 0.2) is 34.2 Å². The Labute approximate surface area is 128 Å². The van der Waals surface area contributed by atoms with Gasteiger partial charge in [0.05, 0.1) is 0 Å². The van der Waals surface area contributed by atoms with E-state index >= 15 is 0 Å². The van der Waals surface area contributed by atoms with E-state index in [1.54, 1.807) is 0 Å². The first-order valence-electron chi connectivity index (χ1n) is 7.85. The van der Waals surface area contributed by atoms with E-state index in [1.807, 2.05) is 0 Å². The summed E-state index contributed by atoms with van der Waals surface area (Å²) in [5.41, 5.74) is 1.24. The van der Waals surface area contributed by atoms with Gasteiger partial charge in [-0.1, -0.05) is 57.5 Å². The van der Waals surface area contributed by atoms with Crippen LogP contribution in [0.2, 0.25) is 19.6 Å². The highest BCUT2D eigenvalue weighted by Crippen LogP contribution is 2.28. The molecule has 0 spiro atoms. The summed E-state index contributed by atoms with van der Waals surface area (Å²) in [6.07, 6.45) is 10.1. The van der Waals surface area contributed by atoms with Gasteiger partial charge in [-0.25, -0.2) is 0 Å². The highest BCUT2D eigenvalue weighted by atomic mass is 32.4. The van der Waals surface area contributed by atoms with Crippen molar-refractivity contribution in [1.82, 2.24) is 0 Å². The second kappa shape index (κ2) is 7.46. The molecule has 0 aromatic heterocycles. The molecule has 0 amide bonds. The van der Waals surface area contributed by atoms with Crippen LogP contribution in [0.1, 0.15) is 44.1 Å². The fourth-order valence-corrected chi connectivity index (χ4v) is 6.08. The molecule has 0 aliphatic heterocycles. The summed E-state index contributed by atoms with van der Waals surface area (Å²) in [5.74, 6) is 0. The molecular weight excluding hydrogens is 278 g/mol. The Morgan fingerprint density at radius 1 is 1.00 bits per heavy atom. The molecule has 1 aromatic rings. The van der Waals surface area contributed by atoms with Crippen LogP contribution in [0.3, 0.4) is 0 Å². The molecule has 0 radical (unpaired) electrons. The van der Waals surface area contributed by atoms with E-state index in [-0.39, 0.29) is 0 Å². The summed E-state index contributed by atoms with van der Waals surface area (Å²) in [6.45, 7) is 7.16. The first-order valence-corrected chi connectivity index (χ1v) is 12.9. The molecule has 1 aliphatic carbocycles. The highest BCUT2D eigenvalue weighted by Gasteiger charge is 2.14. The van der Waals surface area contributed by atoms with Gasteiger partial charge in [-0.05, 0) is 30.5 Å². The van der Waals surface area contributed by atoms with E-state index in [2.05, 4.69) is 61.3 Å². The van der Waals surface area contributed by atoms with Crippen molar-refractivity contribution in [2.75, 3.05) is 0 Å². The molecule has 1 saturated carbocycles. The topological polar surface area (TPSA) is 12.4 Å². The van der Waals surface area contributed by atoms with Gasteiger partial charge < -0.3 is 0 Å². The van der Waals surface area contributed by atoms with Gasteiger partial charge in [0.2, 0.25) is 0 Å². The molecule has 20 heavy (non-hydrogen) atoms. The van der Waals surface area contributed by atoms with Crippen molar-refractivity contribution in [2.45, 2.75) is 69.1 Å². The van der Waals surface area contributed by atoms with Crippen LogP contribution in [0, 0.1) is 0 Å². The number of benzene rings is 1. The van der Waals surface area contributed by atoms with E-state index in [4.69, 9.17) is 4.99 Å². The van der Waals surface area contributed by atoms with Crippen molar-refractivity contribution < 1.29 is 0 Å². The average Bonchev–Trinajstić information content (AvgIpc) is 2.65. The third kappa shape index (κ3) is 5.84. The fraction of sp³-hybridized carbons (Fsp3) is 0.588. The zero-order valence-electron chi connectivity index (χ0n) is 13.1. The SMILES string of the molecule is C[Si](C)(C)Sc1ccc(C=NC2CCCCCC2)cc1. The van der Waals surface area contributed by atoms with Gasteiger partial charge >= 0.3 is 0 Å².